The molecule has 0 aliphatic carbocycles. The second-order valence-electron chi connectivity index (χ2n) is 10.6. The molecule has 1 aromatic heterocycles. The van der Waals surface area contributed by atoms with Crippen molar-refractivity contribution >= 4 is 50.8 Å². The topological polar surface area (TPSA) is 91.9 Å². The molecule has 0 bridgehead atoms. The van der Waals surface area contributed by atoms with E-state index < -0.39 is 12.1 Å². The third-order valence-corrected chi connectivity index (χ3v) is 8.68. The number of anilines is 2. The van der Waals surface area contributed by atoms with Crippen LogP contribution in [0.2, 0.25) is 0 Å². The monoisotopic (exact) mass is 594 g/mol. The maximum atomic E-state index is 12.7. The van der Waals surface area contributed by atoms with E-state index in [0.29, 0.717) is 30.9 Å². The first-order valence-electron chi connectivity index (χ1n) is 14.4. The first-order valence-corrected chi connectivity index (χ1v) is 15.2. The number of nitrogens with zero attached hydrogens (tertiary/aromatic N) is 4. The second-order valence-corrected chi connectivity index (χ2v) is 11.5. The Balaban J connectivity index is 1.05. The number of methoxy groups -OCH3 is 1. The summed E-state index contributed by atoms with van der Waals surface area (Å²) >= 11 is 1.79. The molecule has 11 heteroatoms. The lowest BCUT2D eigenvalue weighted by Gasteiger charge is -2.36. The molecule has 0 radical (unpaired) electrons. The standard InChI is InChI=1S/C31H38N4O6S/c1-32(21-30(37)39-2)31(38)41-22-35-27-20-24(10-8-23(27)9-11-29(35)36)40-18-4-3-13-33-14-16-34(17-15-33)26-6-5-7-28-25(26)12-19-42-28/h5-8,10,12,19-20H,3-4,9,11,13-18,21-22H2,1-2H3. The summed E-state index contributed by atoms with van der Waals surface area (Å²) in [6, 6.07) is 14.5. The quantitative estimate of drug-likeness (QED) is 0.239. The molecule has 1 saturated heterocycles. The van der Waals surface area contributed by atoms with Crippen molar-refractivity contribution in [1.82, 2.24) is 9.80 Å². The van der Waals surface area contributed by atoms with Gasteiger partial charge >= 0.3 is 12.1 Å². The number of unbranched alkanes of at least 4 members (excludes halogenated alkanes) is 1. The molecule has 1 fully saturated rings. The number of aryl methyl sites for hydroxylation is 1. The summed E-state index contributed by atoms with van der Waals surface area (Å²) in [5.41, 5.74) is 3.02. The highest BCUT2D eigenvalue weighted by atomic mass is 32.1. The van der Waals surface area contributed by atoms with E-state index in [9.17, 15) is 14.4 Å². The van der Waals surface area contributed by atoms with Crippen molar-refractivity contribution in [2.45, 2.75) is 25.7 Å². The summed E-state index contributed by atoms with van der Waals surface area (Å²) < 4.78 is 17.3. The van der Waals surface area contributed by atoms with Crippen LogP contribution in [0.1, 0.15) is 24.8 Å². The number of thiophene rings is 1. The minimum atomic E-state index is -0.714. The molecule has 5 rings (SSSR count). The zero-order valence-electron chi connectivity index (χ0n) is 24.3. The Morgan fingerprint density at radius 1 is 1.00 bits per heavy atom. The first kappa shape index (κ1) is 29.7. The van der Waals surface area contributed by atoms with Crippen molar-refractivity contribution in [1.29, 1.82) is 0 Å². The molecule has 0 saturated carbocycles. The van der Waals surface area contributed by atoms with Crippen molar-refractivity contribution in [2.75, 3.05) is 76.6 Å². The molecule has 3 heterocycles. The van der Waals surface area contributed by atoms with Gasteiger partial charge in [-0.3, -0.25) is 19.4 Å². The molecule has 2 amide bonds. The van der Waals surface area contributed by atoms with Gasteiger partial charge in [0.05, 0.1) is 19.4 Å². The summed E-state index contributed by atoms with van der Waals surface area (Å²) in [5.74, 6) is -0.00459. The lowest BCUT2D eigenvalue weighted by Crippen LogP contribution is -2.46. The highest BCUT2D eigenvalue weighted by Crippen LogP contribution is 2.32. The second kappa shape index (κ2) is 13.9. The van der Waals surface area contributed by atoms with Crippen LogP contribution >= 0.6 is 11.3 Å². The number of hydrogen-bond donors (Lipinski definition) is 0. The number of carbonyl (C=O) groups is 3. The van der Waals surface area contributed by atoms with E-state index in [1.165, 1.54) is 34.8 Å². The van der Waals surface area contributed by atoms with E-state index in [0.717, 1.165) is 56.0 Å². The van der Waals surface area contributed by atoms with Gasteiger partial charge in [0.1, 0.15) is 12.3 Å². The van der Waals surface area contributed by atoms with E-state index in [1.54, 1.807) is 11.3 Å². The van der Waals surface area contributed by atoms with Gasteiger partial charge in [0.2, 0.25) is 5.91 Å². The Labute approximate surface area is 250 Å². The van der Waals surface area contributed by atoms with Crippen LogP contribution in [0.15, 0.2) is 47.8 Å². The van der Waals surface area contributed by atoms with Crippen molar-refractivity contribution in [2.24, 2.45) is 0 Å². The maximum absolute atomic E-state index is 12.7. The molecule has 2 aromatic carbocycles. The fourth-order valence-corrected chi connectivity index (χ4v) is 6.20. The van der Waals surface area contributed by atoms with Gasteiger partial charge in [0.15, 0.2) is 6.73 Å². The lowest BCUT2D eigenvalue weighted by atomic mass is 10.0. The number of carbonyl (C=O) groups excluding carboxylic acids is 3. The van der Waals surface area contributed by atoms with Gasteiger partial charge in [0.25, 0.3) is 0 Å². The molecule has 0 atom stereocenters. The Morgan fingerprint density at radius 3 is 2.64 bits per heavy atom. The van der Waals surface area contributed by atoms with Crippen LogP contribution in [0.4, 0.5) is 16.2 Å². The van der Waals surface area contributed by atoms with Crippen LogP contribution in [0.5, 0.6) is 5.75 Å². The number of amides is 2. The predicted octanol–water partition coefficient (Wildman–Crippen LogP) is 4.36. The smallest absolute Gasteiger partial charge is 0.411 e. The van der Waals surface area contributed by atoms with Crippen LogP contribution in [0, 0.1) is 0 Å². The zero-order chi connectivity index (χ0) is 29.5. The number of benzene rings is 2. The van der Waals surface area contributed by atoms with E-state index >= 15 is 0 Å². The largest absolute Gasteiger partial charge is 0.494 e. The summed E-state index contributed by atoms with van der Waals surface area (Å²) in [6.45, 7) is 5.33. The Morgan fingerprint density at radius 2 is 1.83 bits per heavy atom. The number of ether oxygens (including phenoxy) is 3. The molecule has 10 nitrogen and oxygen atoms in total. The molecule has 3 aromatic rings. The van der Waals surface area contributed by atoms with Crippen molar-refractivity contribution in [3.8, 4) is 5.75 Å². The van der Waals surface area contributed by atoms with Gasteiger partial charge in [-0.2, -0.15) is 0 Å². The van der Waals surface area contributed by atoms with Gasteiger partial charge in [-0.25, -0.2) is 4.79 Å². The zero-order valence-corrected chi connectivity index (χ0v) is 25.1. The van der Waals surface area contributed by atoms with Crippen LogP contribution in [0.25, 0.3) is 10.1 Å². The molecule has 42 heavy (non-hydrogen) atoms. The number of piperazine rings is 1. The molecule has 2 aliphatic heterocycles. The van der Waals surface area contributed by atoms with Crippen LogP contribution in [-0.4, -0.2) is 94.5 Å². The number of hydrogen-bond acceptors (Lipinski definition) is 9. The third kappa shape index (κ3) is 7.14. The number of esters is 1. The molecule has 0 N–H and O–H groups in total. The van der Waals surface area contributed by atoms with Gasteiger partial charge in [0, 0.05) is 61.5 Å². The highest BCUT2D eigenvalue weighted by molar-refractivity contribution is 7.17. The normalized spacial score (nSPS) is 15.4. The first-order chi connectivity index (χ1) is 20.4. The molecule has 0 unspecified atom stereocenters. The molecular weight excluding hydrogens is 556 g/mol. The van der Waals surface area contributed by atoms with E-state index in [1.807, 2.05) is 18.2 Å². The predicted molar refractivity (Wildman–Crippen MR) is 163 cm³/mol. The van der Waals surface area contributed by atoms with Crippen molar-refractivity contribution in [3.05, 3.63) is 53.4 Å². The van der Waals surface area contributed by atoms with Gasteiger partial charge < -0.3 is 24.0 Å². The van der Waals surface area contributed by atoms with E-state index in [4.69, 9.17) is 9.47 Å². The summed E-state index contributed by atoms with van der Waals surface area (Å²) in [4.78, 5) is 44.0. The number of likely N-dealkylation sites (N-methyl/N-ethyl adjacent to an activating group) is 1. The Bertz CT molecular complexity index is 1400. The van der Waals surface area contributed by atoms with Gasteiger partial charge in [-0.15, -0.1) is 11.3 Å². The number of rotatable bonds is 11. The molecular formula is C31H38N4O6S. The van der Waals surface area contributed by atoms with Crippen LogP contribution < -0.4 is 14.5 Å². The maximum Gasteiger partial charge on any atom is 0.411 e. The lowest BCUT2D eigenvalue weighted by molar-refractivity contribution is -0.141. The third-order valence-electron chi connectivity index (χ3n) is 7.80. The number of fused-ring (bicyclic) bond motifs is 2. The SMILES string of the molecule is COC(=O)CN(C)C(=O)OCN1C(=O)CCc2ccc(OCCCCN3CCN(c4cccc5sccc45)CC3)cc21. The van der Waals surface area contributed by atoms with Gasteiger partial charge in [-0.05, 0) is 61.0 Å². The highest BCUT2D eigenvalue weighted by Gasteiger charge is 2.27. The average molecular weight is 595 g/mol. The Hall–Kier alpha value is -3.83. The van der Waals surface area contributed by atoms with E-state index in [-0.39, 0.29) is 19.2 Å². The van der Waals surface area contributed by atoms with E-state index in [2.05, 4.69) is 44.2 Å². The summed E-state index contributed by atoms with van der Waals surface area (Å²) in [5, 5.41) is 3.52. The van der Waals surface area contributed by atoms with Gasteiger partial charge in [-0.1, -0.05) is 12.1 Å². The minimum Gasteiger partial charge on any atom is -0.494 e. The van der Waals surface area contributed by atoms with Crippen LogP contribution in [-0.2, 0) is 25.5 Å². The molecule has 224 valence electrons. The molecule has 2 aliphatic rings. The summed E-state index contributed by atoms with van der Waals surface area (Å²) in [7, 11) is 2.68. The summed E-state index contributed by atoms with van der Waals surface area (Å²) in [6.07, 6.45) is 2.22. The average Bonchev–Trinajstić information content (AvgIpc) is 3.50. The van der Waals surface area contributed by atoms with Crippen LogP contribution in [0.3, 0.4) is 0 Å². The van der Waals surface area contributed by atoms with Crippen molar-refractivity contribution < 1.29 is 28.6 Å². The Kier molecular flexibility index (Phi) is 9.81. The fraction of sp³-hybridized carbons (Fsp3) is 0.452. The van der Waals surface area contributed by atoms with Crippen molar-refractivity contribution in [3.63, 3.8) is 0 Å². The minimum absolute atomic E-state index is 0.129. The fourth-order valence-electron chi connectivity index (χ4n) is 5.39. The molecule has 0 spiro atoms.